The Labute approximate surface area is 212 Å². The van der Waals surface area contributed by atoms with Crippen LogP contribution in [0.25, 0.3) is 0 Å². The number of rotatable bonds is 8. The summed E-state index contributed by atoms with van der Waals surface area (Å²) < 4.78 is 75.4. The van der Waals surface area contributed by atoms with Crippen LogP contribution in [0.2, 0.25) is 5.02 Å². The van der Waals surface area contributed by atoms with Crippen molar-refractivity contribution in [2.75, 3.05) is 9.44 Å². The van der Waals surface area contributed by atoms with E-state index >= 15 is 0 Å². The lowest BCUT2D eigenvalue weighted by atomic mass is 10.2. The van der Waals surface area contributed by atoms with Gasteiger partial charge in [-0.1, -0.05) is 29.8 Å². The molecule has 0 saturated carbocycles. The first kappa shape index (κ1) is 25.4. The normalized spacial score (nSPS) is 11.6. The Morgan fingerprint density at radius 2 is 1.42 bits per heavy atom. The molecule has 0 atom stereocenters. The van der Waals surface area contributed by atoms with Crippen LogP contribution < -0.4 is 14.2 Å². The van der Waals surface area contributed by atoms with Crippen LogP contribution in [-0.4, -0.2) is 21.8 Å². The molecule has 2 N–H and O–H groups in total. The minimum atomic E-state index is -4.24. The van der Waals surface area contributed by atoms with Crippen molar-refractivity contribution in [3.63, 3.8) is 0 Å². The van der Waals surface area contributed by atoms with Crippen molar-refractivity contribution in [2.24, 2.45) is 0 Å². The van der Waals surface area contributed by atoms with E-state index in [1.807, 2.05) is 0 Å². The number of halogens is 2. The van der Waals surface area contributed by atoms with Gasteiger partial charge >= 0.3 is 0 Å². The Bertz CT molecular complexity index is 1610. The number of nitrogens with one attached hydrogen (secondary N) is 2. The molecule has 1 aromatic heterocycles. The van der Waals surface area contributed by atoms with E-state index in [0.717, 1.165) is 0 Å². The maximum atomic E-state index is 13.1. The molecular weight excluding hydrogens is 529 g/mol. The third kappa shape index (κ3) is 5.76. The lowest BCUT2D eigenvalue weighted by molar-refractivity contribution is 0.478. The van der Waals surface area contributed by atoms with Crippen molar-refractivity contribution in [2.45, 2.75) is 16.7 Å². The van der Waals surface area contributed by atoms with Crippen LogP contribution in [0.5, 0.6) is 11.5 Å². The number of sulfonamides is 2. The Balaban J connectivity index is 1.56. The van der Waals surface area contributed by atoms with Gasteiger partial charge < -0.3 is 4.74 Å². The van der Waals surface area contributed by atoms with Crippen molar-refractivity contribution in [3.05, 3.63) is 101 Å². The summed E-state index contributed by atoms with van der Waals surface area (Å²) >= 11 is 6.05. The van der Waals surface area contributed by atoms with Crippen molar-refractivity contribution >= 4 is 43.2 Å². The van der Waals surface area contributed by atoms with Crippen LogP contribution >= 0.6 is 11.6 Å². The van der Waals surface area contributed by atoms with Gasteiger partial charge in [0.15, 0.2) is 0 Å². The Morgan fingerprint density at radius 1 is 0.778 bits per heavy atom. The van der Waals surface area contributed by atoms with E-state index in [0.29, 0.717) is 17.1 Å². The molecule has 4 rings (SSSR count). The average Bonchev–Trinajstić information content (AvgIpc) is 2.83. The van der Waals surface area contributed by atoms with Crippen molar-refractivity contribution in [1.82, 2.24) is 4.98 Å². The number of anilines is 2. The zero-order valence-electron chi connectivity index (χ0n) is 18.6. The minimum Gasteiger partial charge on any atom is -0.456 e. The molecule has 4 aromatic rings. The molecule has 1 heterocycles. The summed E-state index contributed by atoms with van der Waals surface area (Å²) in [5.74, 6) is 0.248. The molecule has 186 valence electrons. The van der Waals surface area contributed by atoms with E-state index < -0.39 is 25.9 Å². The van der Waals surface area contributed by atoms with E-state index in [1.165, 1.54) is 79.0 Å². The lowest BCUT2D eigenvalue weighted by Gasteiger charge is -2.15. The molecule has 3 aromatic carbocycles. The summed E-state index contributed by atoms with van der Waals surface area (Å²) in [6.07, 6.45) is 1.29. The number of nitrogens with zero attached hydrogens (tertiary/aromatic N) is 1. The van der Waals surface area contributed by atoms with Gasteiger partial charge in [0.25, 0.3) is 20.0 Å². The first-order valence-electron chi connectivity index (χ1n) is 10.3. The van der Waals surface area contributed by atoms with Gasteiger partial charge in [-0.05, 0) is 73.2 Å². The topological polar surface area (TPSA) is 114 Å². The van der Waals surface area contributed by atoms with Gasteiger partial charge in [-0.15, -0.1) is 0 Å². The van der Waals surface area contributed by atoms with Crippen LogP contribution in [0.3, 0.4) is 0 Å². The molecule has 0 bridgehead atoms. The molecule has 0 spiro atoms. The first-order valence-corrected chi connectivity index (χ1v) is 13.7. The largest absolute Gasteiger partial charge is 0.456 e. The highest BCUT2D eigenvalue weighted by molar-refractivity contribution is 7.94. The van der Waals surface area contributed by atoms with Crippen LogP contribution in [-0.2, 0) is 20.0 Å². The number of benzene rings is 3. The van der Waals surface area contributed by atoms with Gasteiger partial charge in [-0.2, -0.15) is 0 Å². The van der Waals surface area contributed by atoms with Gasteiger partial charge in [0.05, 0.1) is 16.8 Å². The Morgan fingerprint density at radius 3 is 2.11 bits per heavy atom. The molecule has 0 aliphatic heterocycles. The molecule has 36 heavy (non-hydrogen) atoms. The van der Waals surface area contributed by atoms with Crippen LogP contribution in [0.15, 0.2) is 94.9 Å². The molecule has 0 aliphatic rings. The Kier molecular flexibility index (Phi) is 7.16. The number of ether oxygens (including phenoxy) is 1. The molecule has 0 aliphatic carbocycles. The molecule has 8 nitrogen and oxygen atoms in total. The highest BCUT2D eigenvalue weighted by Crippen LogP contribution is 2.29. The predicted octanol–water partition coefficient (Wildman–Crippen LogP) is 5.58. The summed E-state index contributed by atoms with van der Waals surface area (Å²) in [5, 5.41) is 0.262. The first-order chi connectivity index (χ1) is 17.0. The summed E-state index contributed by atoms with van der Waals surface area (Å²) in [6.45, 7) is 1.55. The second kappa shape index (κ2) is 10.1. The number of para-hydroxylation sites is 1. The molecule has 0 amide bonds. The van der Waals surface area contributed by atoms with Gasteiger partial charge in [0.2, 0.25) is 0 Å². The van der Waals surface area contributed by atoms with Gasteiger partial charge in [0.1, 0.15) is 28.0 Å². The smallest absolute Gasteiger partial charge is 0.265 e. The quantitative estimate of drug-likeness (QED) is 0.298. The maximum Gasteiger partial charge on any atom is 0.265 e. The molecule has 0 saturated heterocycles. The number of hydrogen-bond acceptors (Lipinski definition) is 6. The standard InChI is InChI=1S/C24H19ClFN3O5S2/c1-16-20(25)5-4-8-22(16)35(30,31)28-21-6-2-3-7-23(21)36(32,33)29-24-14-13-19(15-27-24)34-18-11-9-17(26)10-12-18/h2-15,28H,1H3,(H,27,29). The van der Waals surface area contributed by atoms with Crippen LogP contribution in [0.4, 0.5) is 15.9 Å². The fourth-order valence-corrected chi connectivity index (χ4v) is 6.01. The second-order valence-electron chi connectivity index (χ2n) is 7.51. The third-order valence-electron chi connectivity index (χ3n) is 4.95. The SMILES string of the molecule is Cc1c(Cl)cccc1S(=O)(=O)Nc1ccccc1S(=O)(=O)Nc1ccc(Oc2ccc(F)cc2)cn1. The number of hydrogen-bond donors (Lipinski definition) is 2. The van der Waals surface area contributed by atoms with Crippen LogP contribution in [0, 0.1) is 12.7 Å². The molecule has 0 radical (unpaired) electrons. The van der Waals surface area contributed by atoms with Gasteiger partial charge in [0, 0.05) is 5.02 Å². The molecule has 0 fully saturated rings. The van der Waals surface area contributed by atoms with E-state index in [1.54, 1.807) is 13.0 Å². The second-order valence-corrected chi connectivity index (χ2v) is 11.2. The number of pyridine rings is 1. The fraction of sp³-hybridized carbons (Fsp3) is 0.0417. The summed E-state index contributed by atoms with van der Waals surface area (Å²) in [4.78, 5) is 3.65. The van der Waals surface area contributed by atoms with Crippen molar-refractivity contribution in [1.29, 1.82) is 0 Å². The summed E-state index contributed by atoms with van der Waals surface area (Å²) in [7, 11) is -8.38. The van der Waals surface area contributed by atoms with Crippen LogP contribution in [0.1, 0.15) is 5.56 Å². The van der Waals surface area contributed by atoms with Crippen molar-refractivity contribution in [3.8, 4) is 11.5 Å². The Hall–Kier alpha value is -3.67. The summed E-state index contributed by atoms with van der Waals surface area (Å²) in [5.41, 5.74) is 0.179. The minimum absolute atomic E-state index is 0.0233. The van der Waals surface area contributed by atoms with Gasteiger partial charge in [-0.3, -0.25) is 9.44 Å². The highest BCUT2D eigenvalue weighted by atomic mass is 35.5. The molecule has 12 heteroatoms. The third-order valence-corrected chi connectivity index (χ3v) is 8.29. The zero-order chi connectivity index (χ0) is 25.9. The molecule has 0 unspecified atom stereocenters. The van der Waals surface area contributed by atoms with E-state index in [2.05, 4.69) is 14.4 Å². The predicted molar refractivity (Wildman–Crippen MR) is 135 cm³/mol. The average molecular weight is 548 g/mol. The zero-order valence-corrected chi connectivity index (χ0v) is 21.0. The molecular formula is C24H19ClFN3O5S2. The van der Waals surface area contributed by atoms with Crippen molar-refractivity contribution < 1.29 is 26.0 Å². The monoisotopic (exact) mass is 547 g/mol. The van der Waals surface area contributed by atoms with E-state index in [9.17, 15) is 21.2 Å². The van der Waals surface area contributed by atoms with E-state index in [-0.39, 0.29) is 26.3 Å². The van der Waals surface area contributed by atoms with Gasteiger partial charge in [-0.25, -0.2) is 26.2 Å². The summed E-state index contributed by atoms with van der Waals surface area (Å²) in [6, 6.07) is 18.2. The highest BCUT2D eigenvalue weighted by Gasteiger charge is 2.24. The van der Waals surface area contributed by atoms with E-state index in [4.69, 9.17) is 16.3 Å². The fourth-order valence-electron chi connectivity index (χ4n) is 3.20. The number of aromatic nitrogens is 1. The maximum absolute atomic E-state index is 13.1. The lowest BCUT2D eigenvalue weighted by Crippen LogP contribution is -2.19.